The number of aromatic hydroxyl groups is 1. The van der Waals surface area contributed by atoms with Crippen LogP contribution in [0.4, 0.5) is 0 Å². The summed E-state index contributed by atoms with van der Waals surface area (Å²) in [6, 6.07) is 3.94. The molecule has 0 fully saturated rings. The van der Waals surface area contributed by atoms with Crippen LogP contribution in [0.1, 0.15) is 26.7 Å². The zero-order chi connectivity index (χ0) is 13.8. The molecule has 6 heteroatoms. The van der Waals surface area contributed by atoms with E-state index in [1.54, 1.807) is 16.7 Å². The van der Waals surface area contributed by atoms with Crippen molar-refractivity contribution >= 4 is 22.8 Å². The first-order valence-electron chi connectivity index (χ1n) is 6.53. The third-order valence-corrected chi connectivity index (χ3v) is 3.11. The summed E-state index contributed by atoms with van der Waals surface area (Å²) in [6.45, 7) is 5.91. The average molecular weight is 283 g/mol. The van der Waals surface area contributed by atoms with Gasteiger partial charge in [-0.3, -0.25) is 4.57 Å². The Hall–Kier alpha value is -1.33. The van der Waals surface area contributed by atoms with E-state index in [9.17, 15) is 5.11 Å². The highest BCUT2D eigenvalue weighted by atomic mass is 35.5. The van der Waals surface area contributed by atoms with Gasteiger partial charge in [0.05, 0.1) is 0 Å². The fourth-order valence-corrected chi connectivity index (χ4v) is 2.10. The Labute approximate surface area is 117 Å². The lowest BCUT2D eigenvalue weighted by Crippen LogP contribution is -2.23. The normalized spacial score (nSPS) is 11.6. The van der Waals surface area contributed by atoms with Gasteiger partial charge in [-0.1, -0.05) is 25.4 Å². The number of pyridine rings is 1. The molecule has 0 amide bonds. The summed E-state index contributed by atoms with van der Waals surface area (Å²) >= 11 is 5.87. The first-order valence-corrected chi connectivity index (χ1v) is 6.91. The van der Waals surface area contributed by atoms with E-state index in [1.165, 1.54) is 0 Å². The van der Waals surface area contributed by atoms with E-state index in [1.807, 2.05) is 0 Å². The molecule has 0 spiro atoms. The number of nitrogens with zero attached hydrogens (tertiary/aromatic N) is 3. The number of hydrogen-bond acceptors (Lipinski definition) is 4. The first-order chi connectivity index (χ1) is 9.08. The van der Waals surface area contributed by atoms with Crippen LogP contribution >= 0.6 is 11.6 Å². The van der Waals surface area contributed by atoms with Gasteiger partial charge in [0.2, 0.25) is 0 Å². The van der Waals surface area contributed by atoms with Gasteiger partial charge in [-0.25, -0.2) is 4.98 Å². The predicted molar refractivity (Wildman–Crippen MR) is 76.6 cm³/mol. The van der Waals surface area contributed by atoms with Gasteiger partial charge in [-0.2, -0.15) is 4.98 Å². The van der Waals surface area contributed by atoms with Crippen LogP contribution < -0.4 is 5.32 Å². The molecule has 0 aliphatic rings. The van der Waals surface area contributed by atoms with Gasteiger partial charge in [-0.05, 0) is 31.5 Å². The Morgan fingerprint density at radius 2 is 2.11 bits per heavy atom. The molecular weight excluding hydrogens is 264 g/mol. The van der Waals surface area contributed by atoms with Crippen LogP contribution in [0.5, 0.6) is 6.01 Å². The Bertz CT molecular complexity index is 553. The van der Waals surface area contributed by atoms with E-state index in [2.05, 4.69) is 29.1 Å². The molecule has 2 aromatic rings. The van der Waals surface area contributed by atoms with Gasteiger partial charge >= 0.3 is 0 Å². The second-order valence-electron chi connectivity index (χ2n) is 4.86. The third-order valence-electron chi connectivity index (χ3n) is 2.90. The number of imidazole rings is 1. The highest BCUT2D eigenvalue weighted by Crippen LogP contribution is 2.21. The maximum atomic E-state index is 9.82. The minimum absolute atomic E-state index is 0.00147. The molecule has 2 rings (SSSR count). The van der Waals surface area contributed by atoms with Crippen LogP contribution in [-0.2, 0) is 6.54 Å². The van der Waals surface area contributed by atoms with Crippen molar-refractivity contribution in [2.24, 2.45) is 0 Å². The van der Waals surface area contributed by atoms with Crippen LogP contribution in [0.2, 0.25) is 5.15 Å². The van der Waals surface area contributed by atoms with Crippen molar-refractivity contribution < 1.29 is 5.11 Å². The molecule has 0 radical (unpaired) electrons. The number of unbranched alkanes of at least 4 members (excludes halogenated alkanes) is 1. The maximum absolute atomic E-state index is 9.82. The monoisotopic (exact) mass is 282 g/mol. The van der Waals surface area contributed by atoms with Crippen LogP contribution in [0.15, 0.2) is 12.1 Å². The molecule has 2 aromatic heterocycles. The van der Waals surface area contributed by atoms with E-state index < -0.39 is 0 Å². The number of hydrogen-bond donors (Lipinski definition) is 2. The minimum Gasteiger partial charge on any atom is -0.480 e. The third kappa shape index (κ3) is 3.58. The molecule has 19 heavy (non-hydrogen) atoms. The molecule has 104 valence electrons. The smallest absolute Gasteiger partial charge is 0.296 e. The van der Waals surface area contributed by atoms with Gasteiger partial charge in [0.15, 0.2) is 5.65 Å². The summed E-state index contributed by atoms with van der Waals surface area (Å²) in [5.74, 6) is 0. The van der Waals surface area contributed by atoms with Crippen molar-refractivity contribution in [1.29, 1.82) is 0 Å². The van der Waals surface area contributed by atoms with Crippen molar-refractivity contribution in [3.63, 3.8) is 0 Å². The molecule has 0 aliphatic carbocycles. The van der Waals surface area contributed by atoms with Crippen molar-refractivity contribution in [3.8, 4) is 6.01 Å². The Morgan fingerprint density at radius 3 is 2.84 bits per heavy atom. The van der Waals surface area contributed by atoms with E-state index >= 15 is 0 Å². The summed E-state index contributed by atoms with van der Waals surface area (Å²) in [5, 5.41) is 13.6. The molecule has 5 nitrogen and oxygen atoms in total. The molecule has 0 aromatic carbocycles. The predicted octanol–water partition coefficient (Wildman–Crippen LogP) is 2.57. The zero-order valence-corrected chi connectivity index (χ0v) is 12.0. The lowest BCUT2D eigenvalue weighted by atomic mass is 10.3. The topological polar surface area (TPSA) is 63.0 Å². The Balaban J connectivity index is 2.00. The van der Waals surface area contributed by atoms with Crippen LogP contribution in [0.25, 0.3) is 11.2 Å². The molecular formula is C13H19ClN4O. The van der Waals surface area contributed by atoms with Gasteiger partial charge in [0.25, 0.3) is 6.01 Å². The van der Waals surface area contributed by atoms with Gasteiger partial charge < -0.3 is 10.4 Å². The van der Waals surface area contributed by atoms with Crippen LogP contribution in [-0.4, -0.2) is 32.2 Å². The minimum atomic E-state index is 0.00147. The Kier molecular flexibility index (Phi) is 4.61. The highest BCUT2D eigenvalue weighted by Gasteiger charge is 2.10. The number of aromatic nitrogens is 3. The number of aryl methyl sites for hydroxylation is 1. The summed E-state index contributed by atoms with van der Waals surface area (Å²) in [4.78, 5) is 8.28. The van der Waals surface area contributed by atoms with Crippen molar-refractivity contribution in [2.45, 2.75) is 39.3 Å². The summed E-state index contributed by atoms with van der Waals surface area (Å²) in [6.07, 6.45) is 1.99. The number of halogens is 1. The molecule has 2 N–H and O–H groups in total. The molecule has 0 aliphatic heterocycles. The average Bonchev–Trinajstić information content (AvgIpc) is 2.65. The summed E-state index contributed by atoms with van der Waals surface area (Å²) in [5.41, 5.74) is 1.31. The van der Waals surface area contributed by atoms with Crippen molar-refractivity contribution in [2.75, 3.05) is 6.54 Å². The van der Waals surface area contributed by atoms with Crippen molar-refractivity contribution in [3.05, 3.63) is 17.3 Å². The largest absolute Gasteiger partial charge is 0.480 e. The molecule has 0 saturated carbocycles. The number of rotatable bonds is 6. The fraction of sp³-hybridized carbons (Fsp3) is 0.538. The van der Waals surface area contributed by atoms with Gasteiger partial charge in [0.1, 0.15) is 10.7 Å². The summed E-state index contributed by atoms with van der Waals surface area (Å²) in [7, 11) is 0. The fourth-order valence-electron chi connectivity index (χ4n) is 1.96. The zero-order valence-electron chi connectivity index (χ0n) is 11.2. The lowest BCUT2D eigenvalue weighted by Gasteiger charge is -2.08. The van der Waals surface area contributed by atoms with E-state index in [-0.39, 0.29) is 6.01 Å². The molecule has 0 atom stereocenters. The second-order valence-corrected chi connectivity index (χ2v) is 5.24. The highest BCUT2D eigenvalue weighted by molar-refractivity contribution is 6.29. The SMILES string of the molecule is CC(C)NCCCCn1c(O)nc2ccc(Cl)nc21. The van der Waals surface area contributed by atoms with E-state index in [0.717, 1.165) is 19.4 Å². The molecule has 2 heterocycles. The molecule has 0 unspecified atom stereocenters. The molecule has 0 saturated heterocycles. The van der Waals surface area contributed by atoms with Gasteiger partial charge in [-0.15, -0.1) is 0 Å². The Morgan fingerprint density at radius 1 is 1.32 bits per heavy atom. The number of fused-ring (bicyclic) bond motifs is 1. The molecule has 0 bridgehead atoms. The van der Waals surface area contributed by atoms with Crippen LogP contribution in [0.3, 0.4) is 0 Å². The maximum Gasteiger partial charge on any atom is 0.296 e. The standard InChI is InChI=1S/C13H19ClN4O/c1-9(2)15-7-3-4-8-18-12-10(16-13(18)19)5-6-11(14)17-12/h5-6,9,15H,3-4,7-8H2,1-2H3,(H,16,19). The quantitative estimate of drug-likeness (QED) is 0.631. The second kappa shape index (κ2) is 6.21. The summed E-state index contributed by atoms with van der Waals surface area (Å²) < 4.78 is 1.70. The van der Waals surface area contributed by atoms with E-state index in [0.29, 0.717) is 28.9 Å². The van der Waals surface area contributed by atoms with E-state index in [4.69, 9.17) is 11.6 Å². The van der Waals surface area contributed by atoms with Crippen LogP contribution in [0, 0.1) is 0 Å². The first kappa shape index (κ1) is 14.1. The van der Waals surface area contributed by atoms with Gasteiger partial charge in [0, 0.05) is 12.6 Å². The number of nitrogens with one attached hydrogen (secondary N) is 1. The van der Waals surface area contributed by atoms with Crippen molar-refractivity contribution in [1.82, 2.24) is 19.9 Å². The lowest BCUT2D eigenvalue weighted by molar-refractivity contribution is 0.395.